The Hall–Kier alpha value is -0.580. The molecule has 1 aromatic carbocycles. The van der Waals surface area contributed by atoms with Gasteiger partial charge in [0.2, 0.25) is 0 Å². The van der Waals surface area contributed by atoms with Crippen molar-refractivity contribution < 1.29 is 4.74 Å². The van der Waals surface area contributed by atoms with Gasteiger partial charge in [0.05, 0.1) is 11.1 Å². The molecule has 2 N–H and O–H groups in total. The predicted molar refractivity (Wildman–Crippen MR) is 77.9 cm³/mol. The number of hydrogen-bond donors (Lipinski definition) is 1. The summed E-state index contributed by atoms with van der Waals surface area (Å²) in [6.07, 6.45) is 3.45. The number of nitrogens with two attached hydrogens (primary N) is 1. The van der Waals surface area contributed by atoms with Gasteiger partial charge in [-0.1, -0.05) is 12.1 Å². The Labute approximate surface area is 117 Å². The van der Waals surface area contributed by atoms with Crippen molar-refractivity contribution in [1.82, 2.24) is 4.90 Å². The highest BCUT2D eigenvalue weighted by Gasteiger charge is 2.15. The van der Waals surface area contributed by atoms with Gasteiger partial charge in [-0.15, -0.1) is 0 Å². The molecule has 0 amide bonds. The average Bonchev–Trinajstić information content (AvgIpc) is 2.37. The predicted octanol–water partition coefficient (Wildman–Crippen LogP) is 2.64. The van der Waals surface area contributed by atoms with Crippen LogP contribution in [0.25, 0.3) is 0 Å². The second-order valence-corrected chi connectivity index (χ2v) is 5.69. The molecule has 18 heavy (non-hydrogen) atoms. The maximum absolute atomic E-state index is 5.96. The largest absolute Gasteiger partial charge is 0.492 e. The molecule has 100 valence electrons. The number of nitrogens with zero attached hydrogens (tertiary/aromatic N) is 1. The normalized spacial score (nSPS) is 20.9. The molecule has 0 bridgehead atoms. The summed E-state index contributed by atoms with van der Waals surface area (Å²) < 4.78 is 6.77. The van der Waals surface area contributed by atoms with Gasteiger partial charge in [-0.2, -0.15) is 0 Å². The van der Waals surface area contributed by atoms with Crippen molar-refractivity contribution in [3.63, 3.8) is 0 Å². The van der Waals surface area contributed by atoms with Crippen LogP contribution < -0.4 is 10.5 Å². The zero-order valence-corrected chi connectivity index (χ0v) is 12.2. The lowest BCUT2D eigenvalue weighted by Crippen LogP contribution is -2.43. The molecule has 1 aliphatic rings. The topological polar surface area (TPSA) is 38.5 Å². The Morgan fingerprint density at radius 1 is 1.39 bits per heavy atom. The SMILES string of the molecule is N[C@@H]1CCCN(CCCOc2ccccc2Br)C1. The molecular formula is C14H21BrN2O. The fourth-order valence-corrected chi connectivity index (χ4v) is 2.73. The molecule has 3 nitrogen and oxygen atoms in total. The first kappa shape index (κ1) is 13.8. The molecule has 0 aromatic heterocycles. The van der Waals surface area contributed by atoms with Crippen LogP contribution in [-0.4, -0.2) is 37.2 Å². The Morgan fingerprint density at radius 2 is 2.22 bits per heavy atom. The van der Waals surface area contributed by atoms with E-state index in [9.17, 15) is 0 Å². The van der Waals surface area contributed by atoms with E-state index < -0.39 is 0 Å². The molecule has 1 heterocycles. The Balaban J connectivity index is 1.65. The van der Waals surface area contributed by atoms with Crippen LogP contribution in [0.1, 0.15) is 19.3 Å². The Kier molecular flexibility index (Phi) is 5.47. The van der Waals surface area contributed by atoms with Gasteiger partial charge in [-0.25, -0.2) is 0 Å². The Bertz CT molecular complexity index is 373. The van der Waals surface area contributed by atoms with Crippen molar-refractivity contribution in [3.8, 4) is 5.75 Å². The molecule has 0 spiro atoms. The molecule has 2 rings (SSSR count). The molecule has 1 aromatic rings. The van der Waals surface area contributed by atoms with E-state index in [1.165, 1.54) is 19.4 Å². The number of likely N-dealkylation sites (tertiary alicyclic amines) is 1. The molecule has 4 heteroatoms. The zero-order valence-electron chi connectivity index (χ0n) is 10.6. The summed E-state index contributed by atoms with van der Waals surface area (Å²) in [5.74, 6) is 0.924. The number of benzene rings is 1. The monoisotopic (exact) mass is 312 g/mol. The number of hydrogen-bond acceptors (Lipinski definition) is 3. The number of para-hydroxylation sites is 1. The van der Waals surface area contributed by atoms with E-state index in [2.05, 4.69) is 20.8 Å². The lowest BCUT2D eigenvalue weighted by molar-refractivity contribution is 0.190. The van der Waals surface area contributed by atoms with Crippen molar-refractivity contribution in [3.05, 3.63) is 28.7 Å². The van der Waals surface area contributed by atoms with Gasteiger partial charge in [0.15, 0.2) is 0 Å². The maximum atomic E-state index is 5.96. The molecule has 0 radical (unpaired) electrons. The van der Waals surface area contributed by atoms with Crippen molar-refractivity contribution in [1.29, 1.82) is 0 Å². The summed E-state index contributed by atoms with van der Waals surface area (Å²) in [6.45, 7) is 4.06. The lowest BCUT2D eigenvalue weighted by Gasteiger charge is -2.30. The number of piperidine rings is 1. The summed E-state index contributed by atoms with van der Waals surface area (Å²) in [7, 11) is 0. The fraction of sp³-hybridized carbons (Fsp3) is 0.571. The average molecular weight is 313 g/mol. The summed E-state index contributed by atoms with van der Waals surface area (Å²) in [6, 6.07) is 8.33. The number of ether oxygens (including phenoxy) is 1. The van der Waals surface area contributed by atoms with E-state index in [4.69, 9.17) is 10.5 Å². The molecule has 1 aliphatic heterocycles. The third kappa shape index (κ3) is 4.26. The van der Waals surface area contributed by atoms with Gasteiger partial charge in [-0.05, 0) is 53.9 Å². The molecule has 0 saturated carbocycles. The smallest absolute Gasteiger partial charge is 0.133 e. The van der Waals surface area contributed by atoms with Gasteiger partial charge in [-0.3, -0.25) is 0 Å². The van der Waals surface area contributed by atoms with E-state index in [0.717, 1.165) is 36.3 Å². The van der Waals surface area contributed by atoms with Gasteiger partial charge < -0.3 is 15.4 Å². The van der Waals surface area contributed by atoms with Crippen molar-refractivity contribution in [2.45, 2.75) is 25.3 Å². The summed E-state index contributed by atoms with van der Waals surface area (Å²) in [5.41, 5.74) is 5.96. The first-order valence-electron chi connectivity index (χ1n) is 6.61. The van der Waals surface area contributed by atoms with Crippen LogP contribution in [0, 0.1) is 0 Å². The van der Waals surface area contributed by atoms with E-state index >= 15 is 0 Å². The molecule has 1 atom stereocenters. The Morgan fingerprint density at radius 3 is 3.00 bits per heavy atom. The summed E-state index contributed by atoms with van der Waals surface area (Å²) in [5, 5.41) is 0. The van der Waals surface area contributed by atoms with Crippen LogP contribution in [0.15, 0.2) is 28.7 Å². The van der Waals surface area contributed by atoms with Gasteiger partial charge in [0.1, 0.15) is 5.75 Å². The molecule has 1 saturated heterocycles. The standard InChI is InChI=1S/C14H21BrN2O/c15-13-6-1-2-7-14(13)18-10-4-9-17-8-3-5-12(16)11-17/h1-2,6-7,12H,3-5,8-11,16H2/t12-/m1/s1. The maximum Gasteiger partial charge on any atom is 0.133 e. The van der Waals surface area contributed by atoms with Crippen molar-refractivity contribution in [2.24, 2.45) is 5.73 Å². The molecule has 0 unspecified atom stereocenters. The zero-order chi connectivity index (χ0) is 12.8. The first-order chi connectivity index (χ1) is 8.75. The van der Waals surface area contributed by atoms with Crippen LogP contribution in [0.3, 0.4) is 0 Å². The van der Waals surface area contributed by atoms with Crippen LogP contribution in [-0.2, 0) is 0 Å². The van der Waals surface area contributed by atoms with E-state index in [0.29, 0.717) is 6.04 Å². The quantitative estimate of drug-likeness (QED) is 0.849. The van der Waals surface area contributed by atoms with Crippen molar-refractivity contribution >= 4 is 15.9 Å². The first-order valence-corrected chi connectivity index (χ1v) is 7.40. The minimum Gasteiger partial charge on any atom is -0.492 e. The minimum atomic E-state index is 0.364. The van der Waals surface area contributed by atoms with Crippen LogP contribution >= 0.6 is 15.9 Å². The van der Waals surface area contributed by atoms with Crippen LogP contribution in [0.4, 0.5) is 0 Å². The van der Waals surface area contributed by atoms with Crippen LogP contribution in [0.5, 0.6) is 5.75 Å². The second kappa shape index (κ2) is 7.12. The summed E-state index contributed by atoms with van der Waals surface area (Å²) >= 11 is 3.48. The van der Waals surface area contributed by atoms with Gasteiger partial charge >= 0.3 is 0 Å². The van der Waals surface area contributed by atoms with E-state index in [1.807, 2.05) is 24.3 Å². The molecule has 0 aliphatic carbocycles. The second-order valence-electron chi connectivity index (χ2n) is 4.84. The third-order valence-electron chi connectivity index (χ3n) is 3.25. The van der Waals surface area contributed by atoms with Crippen molar-refractivity contribution in [2.75, 3.05) is 26.2 Å². The van der Waals surface area contributed by atoms with E-state index in [-0.39, 0.29) is 0 Å². The molecular weight excluding hydrogens is 292 g/mol. The van der Waals surface area contributed by atoms with E-state index in [1.54, 1.807) is 0 Å². The highest BCUT2D eigenvalue weighted by Crippen LogP contribution is 2.23. The number of halogens is 1. The fourth-order valence-electron chi connectivity index (χ4n) is 2.33. The highest BCUT2D eigenvalue weighted by atomic mass is 79.9. The number of rotatable bonds is 5. The highest BCUT2D eigenvalue weighted by molar-refractivity contribution is 9.10. The van der Waals surface area contributed by atoms with Gasteiger partial charge in [0.25, 0.3) is 0 Å². The van der Waals surface area contributed by atoms with Gasteiger partial charge in [0, 0.05) is 19.1 Å². The third-order valence-corrected chi connectivity index (χ3v) is 3.91. The van der Waals surface area contributed by atoms with Crippen LogP contribution in [0.2, 0.25) is 0 Å². The minimum absolute atomic E-state index is 0.364. The molecule has 1 fully saturated rings. The summed E-state index contributed by atoms with van der Waals surface area (Å²) in [4.78, 5) is 2.44. The lowest BCUT2D eigenvalue weighted by atomic mass is 10.1.